The molecular formula is C43H56Zr-4. The number of hydrogen-bond donors (Lipinski definition) is 0. The molecule has 1 aliphatic carbocycles. The molecule has 6 rings (SSSR count). The number of benzene rings is 3. The number of rotatable bonds is 2. The van der Waals surface area contributed by atoms with Crippen LogP contribution in [0.4, 0.5) is 0 Å². The zero-order chi connectivity index (χ0) is 32.9. The molecule has 0 spiro atoms. The van der Waals surface area contributed by atoms with Gasteiger partial charge in [-0.1, -0.05) is 116 Å². The van der Waals surface area contributed by atoms with Crippen LogP contribution in [0.5, 0.6) is 0 Å². The molecule has 44 heavy (non-hydrogen) atoms. The minimum atomic E-state index is 0.203. The maximum Gasteiger partial charge on any atom is -0.172 e. The molecule has 0 unspecified atom stereocenters. The van der Waals surface area contributed by atoms with E-state index >= 15 is 0 Å². The summed E-state index contributed by atoms with van der Waals surface area (Å²) in [6.07, 6.45) is 6.50. The SMILES string of the molecule is CC(C)(C)c1ccc2c(c1)[cH-]c1cc(C(C)(C)C)ccc12.CC(C)c1c[c-]cc(C(C)C)c1.[CH-]1CCC1.[CH2]=[Zr].c1cc[cH-]c1. The van der Waals surface area contributed by atoms with Gasteiger partial charge in [-0.25, -0.2) is 12.1 Å². The Bertz CT molecular complexity index is 1380. The molecule has 1 saturated carbocycles. The average molecular weight is 664 g/mol. The van der Waals surface area contributed by atoms with E-state index in [9.17, 15) is 0 Å². The van der Waals surface area contributed by atoms with Crippen molar-refractivity contribution < 1.29 is 24.2 Å². The summed E-state index contributed by atoms with van der Waals surface area (Å²) in [7, 11) is 0. The second-order valence-electron chi connectivity index (χ2n) is 14.3. The van der Waals surface area contributed by atoms with Gasteiger partial charge < -0.3 is 6.42 Å². The van der Waals surface area contributed by atoms with Crippen LogP contribution in [0.3, 0.4) is 0 Å². The monoisotopic (exact) mass is 662 g/mol. The third-order valence-corrected chi connectivity index (χ3v) is 7.98. The van der Waals surface area contributed by atoms with Crippen molar-refractivity contribution in [2.75, 3.05) is 0 Å². The van der Waals surface area contributed by atoms with Crippen molar-refractivity contribution >= 4 is 25.8 Å². The van der Waals surface area contributed by atoms with Crippen LogP contribution in [0.25, 0.3) is 21.5 Å². The molecule has 0 atom stereocenters. The first-order valence-electron chi connectivity index (χ1n) is 16.3. The van der Waals surface area contributed by atoms with Gasteiger partial charge in [-0.3, -0.25) is 0 Å². The maximum absolute atomic E-state index is 3.34. The van der Waals surface area contributed by atoms with Gasteiger partial charge in [-0.2, -0.15) is 66.4 Å². The Hall–Kier alpha value is -2.37. The van der Waals surface area contributed by atoms with Crippen LogP contribution < -0.4 is 0 Å². The largest absolute Gasteiger partial charge is 0.214 e. The zero-order valence-corrected chi connectivity index (χ0v) is 31.7. The van der Waals surface area contributed by atoms with E-state index < -0.39 is 0 Å². The molecule has 1 fully saturated rings. The molecule has 0 heterocycles. The summed E-state index contributed by atoms with van der Waals surface area (Å²) in [5.74, 6) is 1.22. The van der Waals surface area contributed by atoms with Gasteiger partial charge >= 0.3 is 28.4 Å². The van der Waals surface area contributed by atoms with Crippen molar-refractivity contribution in [3.8, 4) is 0 Å². The molecule has 0 amide bonds. The van der Waals surface area contributed by atoms with Gasteiger partial charge in [0.15, 0.2) is 0 Å². The Balaban J connectivity index is 0.000000244. The first-order valence-corrected chi connectivity index (χ1v) is 18.0. The van der Waals surface area contributed by atoms with Crippen LogP contribution in [0.15, 0.2) is 91.0 Å². The summed E-state index contributed by atoms with van der Waals surface area (Å²) >= 11 is 1.30. The fraction of sp³-hybridized carbons (Fsp3) is 0.395. The topological polar surface area (TPSA) is 0 Å². The van der Waals surface area contributed by atoms with Crippen LogP contribution in [0.2, 0.25) is 0 Å². The molecule has 0 aromatic heterocycles. The van der Waals surface area contributed by atoms with Crippen molar-refractivity contribution in [2.45, 2.75) is 111 Å². The minimum absolute atomic E-state index is 0.203. The summed E-state index contributed by atoms with van der Waals surface area (Å²) in [5.41, 5.74) is 5.99. The van der Waals surface area contributed by atoms with Crippen LogP contribution in [0.1, 0.15) is 123 Å². The van der Waals surface area contributed by atoms with Crippen LogP contribution in [-0.2, 0) is 35.1 Å². The van der Waals surface area contributed by atoms with E-state index in [1.165, 1.54) is 87.3 Å². The number of hydrogen-bond acceptors (Lipinski definition) is 0. The quantitative estimate of drug-likeness (QED) is 0.165. The fourth-order valence-corrected chi connectivity index (χ4v) is 4.66. The minimum Gasteiger partial charge on any atom is -0.214 e. The summed E-state index contributed by atoms with van der Waals surface area (Å²) < 4.78 is 3.34. The Kier molecular flexibility index (Phi) is 15.4. The van der Waals surface area contributed by atoms with E-state index in [-0.39, 0.29) is 10.8 Å². The molecule has 0 radical (unpaired) electrons. The Labute approximate surface area is 285 Å². The Morgan fingerprint density at radius 1 is 0.682 bits per heavy atom. The summed E-state index contributed by atoms with van der Waals surface area (Å²) in [4.78, 5) is 0. The predicted octanol–water partition coefficient (Wildman–Crippen LogP) is 12.8. The van der Waals surface area contributed by atoms with Crippen LogP contribution in [-0.4, -0.2) is 4.21 Å². The molecule has 1 aliphatic rings. The average Bonchev–Trinajstić information content (AvgIpc) is 3.64. The molecule has 5 aromatic rings. The van der Waals surface area contributed by atoms with Crippen molar-refractivity contribution in [1.82, 2.24) is 0 Å². The van der Waals surface area contributed by atoms with Gasteiger partial charge in [0.2, 0.25) is 0 Å². The van der Waals surface area contributed by atoms with Gasteiger partial charge in [0.1, 0.15) is 0 Å². The van der Waals surface area contributed by atoms with E-state index in [1.807, 2.05) is 30.3 Å². The third kappa shape index (κ3) is 11.9. The Morgan fingerprint density at radius 2 is 1.07 bits per heavy atom. The van der Waals surface area contributed by atoms with Crippen LogP contribution in [0, 0.1) is 12.5 Å². The van der Waals surface area contributed by atoms with Crippen molar-refractivity contribution in [1.29, 1.82) is 0 Å². The molecule has 5 aromatic carbocycles. The van der Waals surface area contributed by atoms with E-state index in [0.29, 0.717) is 11.8 Å². The van der Waals surface area contributed by atoms with Gasteiger partial charge in [0, 0.05) is 0 Å². The molecule has 0 N–H and O–H groups in total. The molecule has 1 heteroatoms. The smallest absolute Gasteiger partial charge is 0.172 e. The van der Waals surface area contributed by atoms with E-state index in [1.54, 1.807) is 0 Å². The van der Waals surface area contributed by atoms with Crippen LogP contribution >= 0.6 is 0 Å². The molecule has 0 aliphatic heterocycles. The van der Waals surface area contributed by atoms with E-state index in [0.717, 1.165) is 0 Å². The van der Waals surface area contributed by atoms with E-state index in [2.05, 4.69) is 147 Å². The second kappa shape index (κ2) is 17.9. The maximum atomic E-state index is 3.34. The molecule has 0 nitrogen and oxygen atoms in total. The van der Waals surface area contributed by atoms with Gasteiger partial charge in [-0.05, 0) is 10.8 Å². The fourth-order valence-electron chi connectivity index (χ4n) is 4.66. The van der Waals surface area contributed by atoms with Gasteiger partial charge in [-0.15, -0.1) is 46.2 Å². The summed E-state index contributed by atoms with van der Waals surface area (Å²) in [6, 6.07) is 35.8. The third-order valence-electron chi connectivity index (χ3n) is 7.98. The first kappa shape index (κ1) is 37.8. The van der Waals surface area contributed by atoms with Gasteiger partial charge in [0.25, 0.3) is 0 Å². The second-order valence-corrected chi connectivity index (χ2v) is 14.3. The number of fused-ring (bicyclic) bond motifs is 3. The molecular weight excluding hydrogens is 608 g/mol. The van der Waals surface area contributed by atoms with Crippen molar-refractivity contribution in [3.05, 3.63) is 126 Å². The normalized spacial score (nSPS) is 12.5. The predicted molar refractivity (Wildman–Crippen MR) is 195 cm³/mol. The standard InChI is InChI=1S/C21H25.C12H17.C5H5.C4H7.CH2.Zr/c1-20(2,3)16-7-9-18-14(12-16)11-15-13-17(21(4,5)6)8-10-19(15)18;1-9(2)11-6-5-7-12(8-11)10(3)4;1-2-4-5-3-1;1-2-4-3-1;;/h7-13H,1-6H3;6-10H,1-4H3;1-5H;1H,2-4H2;1H2;/q4*-1;;. The molecule has 0 saturated heterocycles. The van der Waals surface area contributed by atoms with Gasteiger partial charge in [0.05, 0.1) is 0 Å². The zero-order valence-electron chi connectivity index (χ0n) is 29.2. The molecule has 236 valence electrons. The van der Waals surface area contributed by atoms with E-state index in [4.69, 9.17) is 0 Å². The van der Waals surface area contributed by atoms with Crippen molar-refractivity contribution in [2.24, 2.45) is 0 Å². The summed E-state index contributed by atoms with van der Waals surface area (Å²) in [6.45, 7) is 22.5. The van der Waals surface area contributed by atoms with Crippen molar-refractivity contribution in [3.63, 3.8) is 0 Å². The summed E-state index contributed by atoms with van der Waals surface area (Å²) in [5, 5.41) is 5.48. The molecule has 0 bridgehead atoms. The first-order chi connectivity index (χ1) is 20.8. The Morgan fingerprint density at radius 3 is 1.34 bits per heavy atom.